The van der Waals surface area contributed by atoms with Gasteiger partial charge in [0.1, 0.15) is 6.61 Å². The average molecular weight is 259 g/mol. The van der Waals surface area contributed by atoms with Gasteiger partial charge in [0.05, 0.1) is 0 Å². The number of carbonyl (C=O) groups is 1. The van der Waals surface area contributed by atoms with Gasteiger partial charge in [-0.15, -0.1) is 0 Å². The van der Waals surface area contributed by atoms with Gasteiger partial charge in [-0.3, -0.25) is 4.79 Å². The molecule has 0 bridgehead atoms. The van der Waals surface area contributed by atoms with Crippen LogP contribution < -0.4 is 5.32 Å². The minimum atomic E-state index is -0.416. The predicted molar refractivity (Wildman–Crippen MR) is 77.9 cm³/mol. The fourth-order valence-electron chi connectivity index (χ4n) is 1.54. The van der Waals surface area contributed by atoms with Crippen LogP contribution in [-0.4, -0.2) is 17.6 Å². The third-order valence-corrected chi connectivity index (χ3v) is 2.73. The highest BCUT2D eigenvalue weighted by Gasteiger charge is 2.21. The molecule has 0 unspecified atom stereocenters. The number of rotatable bonds is 2. The fraction of sp³-hybridized carbons (Fsp3) is 0.438. The topological polar surface area (TPSA) is 49.3 Å². The molecule has 0 aliphatic heterocycles. The number of amides is 1. The number of anilines is 1. The normalized spacial score (nSPS) is 10.6. The maximum atomic E-state index is 12.0. The van der Waals surface area contributed by atoms with Crippen molar-refractivity contribution >= 4 is 11.6 Å². The van der Waals surface area contributed by atoms with E-state index in [-0.39, 0.29) is 12.5 Å². The molecule has 0 saturated heterocycles. The summed E-state index contributed by atoms with van der Waals surface area (Å²) in [5, 5.41) is 11.6. The Kier molecular flexibility index (Phi) is 5.14. The predicted octanol–water partition coefficient (Wildman–Crippen LogP) is 2.58. The summed E-state index contributed by atoms with van der Waals surface area (Å²) in [7, 11) is 0. The molecule has 0 atom stereocenters. The van der Waals surface area contributed by atoms with Gasteiger partial charge in [-0.1, -0.05) is 39.5 Å². The molecule has 3 heteroatoms. The molecule has 2 N–H and O–H groups in total. The molecule has 0 aliphatic rings. The van der Waals surface area contributed by atoms with E-state index in [1.165, 1.54) is 0 Å². The summed E-state index contributed by atoms with van der Waals surface area (Å²) in [4.78, 5) is 12.0. The smallest absolute Gasteiger partial charge is 0.229 e. The van der Waals surface area contributed by atoms with E-state index in [0.717, 1.165) is 23.2 Å². The van der Waals surface area contributed by atoms with Gasteiger partial charge in [0.15, 0.2) is 0 Å². The number of aliphatic hydroxyl groups is 1. The molecule has 0 spiro atoms. The molecule has 1 amide bonds. The van der Waals surface area contributed by atoms with E-state index in [1.807, 2.05) is 45.9 Å². The summed E-state index contributed by atoms with van der Waals surface area (Å²) < 4.78 is 0. The highest BCUT2D eigenvalue weighted by molar-refractivity contribution is 5.95. The van der Waals surface area contributed by atoms with Crippen molar-refractivity contribution in [2.24, 2.45) is 5.41 Å². The summed E-state index contributed by atoms with van der Waals surface area (Å²) in [5.41, 5.74) is 2.30. The first-order chi connectivity index (χ1) is 8.88. The lowest BCUT2D eigenvalue weighted by Crippen LogP contribution is -2.28. The Hall–Kier alpha value is -1.79. The summed E-state index contributed by atoms with van der Waals surface area (Å²) >= 11 is 0. The number of aryl methyl sites for hydroxylation is 1. The first-order valence-electron chi connectivity index (χ1n) is 6.42. The number of hydrogen-bond acceptors (Lipinski definition) is 2. The van der Waals surface area contributed by atoms with Gasteiger partial charge in [0.2, 0.25) is 5.91 Å². The fourth-order valence-corrected chi connectivity index (χ4v) is 1.54. The minimum Gasteiger partial charge on any atom is -0.384 e. The van der Waals surface area contributed by atoms with E-state index < -0.39 is 5.41 Å². The van der Waals surface area contributed by atoms with Crippen molar-refractivity contribution < 1.29 is 9.90 Å². The highest BCUT2D eigenvalue weighted by atomic mass is 16.2. The minimum absolute atomic E-state index is 0.00334. The summed E-state index contributed by atoms with van der Waals surface area (Å²) in [6.45, 7) is 7.54. The van der Waals surface area contributed by atoms with Crippen LogP contribution in [0, 0.1) is 17.3 Å². The molecule has 0 aliphatic carbocycles. The first-order valence-corrected chi connectivity index (χ1v) is 6.42. The van der Waals surface area contributed by atoms with Gasteiger partial charge >= 0.3 is 0 Å². The maximum Gasteiger partial charge on any atom is 0.229 e. The van der Waals surface area contributed by atoms with Crippen LogP contribution in [0.2, 0.25) is 0 Å². The van der Waals surface area contributed by atoms with Gasteiger partial charge in [-0.05, 0) is 30.2 Å². The van der Waals surface area contributed by atoms with Crippen LogP contribution in [0.4, 0.5) is 5.69 Å². The number of carbonyl (C=O) groups excluding carboxylic acids is 1. The van der Waals surface area contributed by atoms with Gasteiger partial charge in [0, 0.05) is 16.7 Å². The SMILES string of the molecule is CCc1cc(C#CCO)ccc1NC(=O)C(C)(C)C. The Morgan fingerprint density at radius 1 is 1.37 bits per heavy atom. The second-order valence-electron chi connectivity index (χ2n) is 5.39. The Morgan fingerprint density at radius 2 is 2.05 bits per heavy atom. The first kappa shape index (κ1) is 15.3. The van der Waals surface area contributed by atoms with Crippen LogP contribution in [0.15, 0.2) is 18.2 Å². The van der Waals surface area contributed by atoms with Crippen LogP contribution >= 0.6 is 0 Å². The summed E-state index contributed by atoms with van der Waals surface area (Å²) in [6, 6.07) is 5.66. The standard InChI is InChI=1S/C16H21NO2/c1-5-13-11-12(7-6-10-18)8-9-14(13)17-15(19)16(2,3)4/h8-9,11,18H,5,10H2,1-4H3,(H,17,19). The number of nitrogens with one attached hydrogen (secondary N) is 1. The molecule has 0 saturated carbocycles. The molecule has 19 heavy (non-hydrogen) atoms. The van der Waals surface area contributed by atoms with Gasteiger partial charge in [-0.2, -0.15) is 0 Å². The van der Waals surface area contributed by atoms with Crippen LogP contribution in [0.25, 0.3) is 0 Å². The Morgan fingerprint density at radius 3 is 2.58 bits per heavy atom. The van der Waals surface area contributed by atoms with Crippen molar-refractivity contribution in [1.82, 2.24) is 0 Å². The largest absolute Gasteiger partial charge is 0.384 e. The monoisotopic (exact) mass is 259 g/mol. The Bertz CT molecular complexity index is 516. The van der Waals surface area contributed by atoms with E-state index in [0.29, 0.717) is 0 Å². The lowest BCUT2D eigenvalue weighted by molar-refractivity contribution is -0.123. The Labute approximate surface area is 115 Å². The molecular formula is C16H21NO2. The third kappa shape index (κ3) is 4.42. The second-order valence-corrected chi connectivity index (χ2v) is 5.39. The molecule has 3 nitrogen and oxygen atoms in total. The van der Waals surface area contributed by atoms with Crippen molar-refractivity contribution in [3.05, 3.63) is 29.3 Å². The zero-order valence-electron chi connectivity index (χ0n) is 12.0. The van der Waals surface area contributed by atoms with Crippen molar-refractivity contribution in [1.29, 1.82) is 0 Å². The van der Waals surface area contributed by atoms with Crippen LogP contribution in [0.5, 0.6) is 0 Å². The highest BCUT2D eigenvalue weighted by Crippen LogP contribution is 2.22. The molecule has 0 radical (unpaired) electrons. The summed E-state index contributed by atoms with van der Waals surface area (Å²) in [6.07, 6.45) is 0.814. The molecule has 1 aromatic carbocycles. The lowest BCUT2D eigenvalue weighted by atomic mass is 9.95. The zero-order valence-corrected chi connectivity index (χ0v) is 12.0. The van der Waals surface area contributed by atoms with E-state index in [2.05, 4.69) is 17.2 Å². The third-order valence-electron chi connectivity index (χ3n) is 2.73. The number of benzene rings is 1. The quantitative estimate of drug-likeness (QED) is 0.802. The van der Waals surface area contributed by atoms with Crippen LogP contribution in [0.3, 0.4) is 0 Å². The van der Waals surface area contributed by atoms with E-state index in [4.69, 9.17) is 5.11 Å². The molecule has 0 heterocycles. The second kappa shape index (κ2) is 6.40. The van der Waals surface area contributed by atoms with Crippen molar-refractivity contribution in [2.45, 2.75) is 34.1 Å². The van der Waals surface area contributed by atoms with Crippen LogP contribution in [0.1, 0.15) is 38.8 Å². The molecule has 0 fully saturated rings. The Balaban J connectivity index is 3.00. The van der Waals surface area contributed by atoms with Gasteiger partial charge < -0.3 is 10.4 Å². The van der Waals surface area contributed by atoms with Crippen molar-refractivity contribution in [3.63, 3.8) is 0 Å². The molecule has 1 aromatic rings. The van der Waals surface area contributed by atoms with E-state index in [9.17, 15) is 4.79 Å². The van der Waals surface area contributed by atoms with Crippen molar-refractivity contribution in [3.8, 4) is 11.8 Å². The van der Waals surface area contributed by atoms with E-state index in [1.54, 1.807) is 0 Å². The molecule has 0 aromatic heterocycles. The van der Waals surface area contributed by atoms with Crippen molar-refractivity contribution in [2.75, 3.05) is 11.9 Å². The lowest BCUT2D eigenvalue weighted by Gasteiger charge is -2.19. The average Bonchev–Trinajstić information content (AvgIpc) is 2.36. The van der Waals surface area contributed by atoms with E-state index >= 15 is 0 Å². The number of aliphatic hydroxyl groups excluding tert-OH is 1. The molecule has 102 valence electrons. The number of hydrogen-bond donors (Lipinski definition) is 2. The molecular weight excluding hydrogens is 238 g/mol. The van der Waals surface area contributed by atoms with Crippen LogP contribution in [-0.2, 0) is 11.2 Å². The zero-order chi connectivity index (χ0) is 14.5. The van der Waals surface area contributed by atoms with Gasteiger partial charge in [-0.25, -0.2) is 0 Å². The van der Waals surface area contributed by atoms with Gasteiger partial charge in [0.25, 0.3) is 0 Å². The maximum absolute atomic E-state index is 12.0. The molecule has 1 rings (SSSR count). The summed E-state index contributed by atoms with van der Waals surface area (Å²) in [5.74, 6) is 5.48.